The number of ether oxygens (including phenoxy) is 1. The Labute approximate surface area is 174 Å². The molecule has 0 fully saturated rings. The van der Waals surface area contributed by atoms with Gasteiger partial charge in [0.1, 0.15) is 17.1 Å². The number of hydrogen-bond donors (Lipinski definition) is 1. The fourth-order valence-corrected chi connectivity index (χ4v) is 3.03. The molecule has 0 bridgehead atoms. The van der Waals surface area contributed by atoms with Crippen LogP contribution in [0.15, 0.2) is 36.4 Å². The van der Waals surface area contributed by atoms with Crippen molar-refractivity contribution in [2.75, 3.05) is 30.4 Å². The number of nitrogens with zero attached hydrogens (tertiary/aromatic N) is 4. The highest BCUT2D eigenvalue weighted by molar-refractivity contribution is 5.78. The molecule has 0 amide bonds. The molecule has 2 heterocycles. The largest absolute Gasteiger partial charge is 0.497 e. The first-order valence-electron chi connectivity index (χ1n) is 10.6. The van der Waals surface area contributed by atoms with Gasteiger partial charge in [0.25, 0.3) is 0 Å². The van der Waals surface area contributed by atoms with Crippen molar-refractivity contribution in [2.45, 2.75) is 47.0 Å². The van der Waals surface area contributed by atoms with E-state index in [0.717, 1.165) is 60.3 Å². The Hall–Kier alpha value is -2.76. The van der Waals surface area contributed by atoms with E-state index in [-0.39, 0.29) is 0 Å². The van der Waals surface area contributed by atoms with Gasteiger partial charge in [-0.2, -0.15) is 0 Å². The Morgan fingerprint density at radius 3 is 2.10 bits per heavy atom. The molecule has 3 aromatic rings. The predicted octanol–water partition coefficient (Wildman–Crippen LogP) is 5.76. The number of pyridine rings is 1. The van der Waals surface area contributed by atoms with Crippen LogP contribution < -0.4 is 15.0 Å². The summed E-state index contributed by atoms with van der Waals surface area (Å²) in [5.41, 5.74) is 2.74. The lowest BCUT2D eigenvalue weighted by Gasteiger charge is -2.22. The van der Waals surface area contributed by atoms with E-state index < -0.39 is 0 Å². The summed E-state index contributed by atoms with van der Waals surface area (Å²) in [7, 11) is 3.65. The normalized spacial score (nSPS) is 10.4. The Bertz CT molecular complexity index is 867. The minimum absolute atomic E-state index is 0.771. The molecular formula is C23H35N5O. The summed E-state index contributed by atoms with van der Waals surface area (Å²) in [6, 6.07) is 11.9. The summed E-state index contributed by atoms with van der Waals surface area (Å²) in [6.45, 7) is 10.7. The van der Waals surface area contributed by atoms with Crippen molar-refractivity contribution in [3.05, 3.63) is 36.4 Å². The fraction of sp³-hybridized carbons (Fsp3) is 0.478. The molecule has 0 radical (unpaired) electrons. The van der Waals surface area contributed by atoms with Crippen LogP contribution in [0.5, 0.6) is 5.75 Å². The summed E-state index contributed by atoms with van der Waals surface area (Å²) in [5, 5.41) is 3.35. The molecule has 0 spiro atoms. The number of imidazole rings is 1. The average molecular weight is 398 g/mol. The maximum Gasteiger partial charge on any atom is 0.209 e. The van der Waals surface area contributed by atoms with Crippen LogP contribution in [0.25, 0.3) is 11.2 Å². The summed E-state index contributed by atoms with van der Waals surface area (Å²) in [6.07, 6.45) is 3.46. The molecule has 0 atom stereocenters. The van der Waals surface area contributed by atoms with Crippen molar-refractivity contribution < 1.29 is 4.74 Å². The molecule has 3 rings (SSSR count). The SMILES string of the molecule is CCC.CCCN(CCC)c1ccc2nc(Nc3ccc(OC)cc3)n(C)c2n1. The highest BCUT2D eigenvalue weighted by atomic mass is 16.5. The zero-order valence-electron chi connectivity index (χ0n) is 18.7. The Morgan fingerprint density at radius 1 is 0.931 bits per heavy atom. The molecule has 0 unspecified atom stereocenters. The number of fused-ring (bicyclic) bond motifs is 1. The van der Waals surface area contributed by atoms with Crippen LogP contribution in [0.3, 0.4) is 0 Å². The van der Waals surface area contributed by atoms with Crippen molar-refractivity contribution in [1.82, 2.24) is 14.5 Å². The summed E-state index contributed by atoms with van der Waals surface area (Å²) in [5.74, 6) is 2.62. The molecule has 0 aliphatic heterocycles. The van der Waals surface area contributed by atoms with Crippen LogP contribution in [0, 0.1) is 0 Å². The minimum Gasteiger partial charge on any atom is -0.497 e. The highest BCUT2D eigenvalue weighted by Crippen LogP contribution is 2.24. The average Bonchev–Trinajstić information content (AvgIpc) is 3.04. The molecule has 6 heteroatoms. The molecule has 0 aliphatic rings. The number of benzene rings is 1. The molecule has 2 aromatic heterocycles. The van der Waals surface area contributed by atoms with E-state index in [1.807, 2.05) is 35.9 Å². The van der Waals surface area contributed by atoms with Gasteiger partial charge in [-0.15, -0.1) is 0 Å². The molecule has 1 N–H and O–H groups in total. The van der Waals surface area contributed by atoms with E-state index >= 15 is 0 Å². The van der Waals surface area contributed by atoms with Gasteiger partial charge >= 0.3 is 0 Å². The van der Waals surface area contributed by atoms with Gasteiger partial charge in [-0.1, -0.05) is 34.1 Å². The van der Waals surface area contributed by atoms with Gasteiger partial charge in [0.15, 0.2) is 5.65 Å². The molecule has 0 saturated carbocycles. The second-order valence-electron chi connectivity index (χ2n) is 7.05. The molecule has 1 aromatic carbocycles. The first-order chi connectivity index (χ1) is 14.1. The van der Waals surface area contributed by atoms with Crippen LogP contribution >= 0.6 is 0 Å². The van der Waals surface area contributed by atoms with E-state index in [0.29, 0.717) is 0 Å². The third-order valence-electron chi connectivity index (χ3n) is 4.36. The fourth-order valence-electron chi connectivity index (χ4n) is 3.03. The summed E-state index contributed by atoms with van der Waals surface area (Å²) in [4.78, 5) is 11.9. The molecule has 0 aliphatic carbocycles. The standard InChI is InChI=1S/C20H27N5O.C3H8/c1-5-13-25(14-6-2)18-12-11-17-19(23-18)24(3)20(22-17)21-15-7-9-16(26-4)10-8-15;1-3-2/h7-12H,5-6,13-14H2,1-4H3,(H,21,22);3H2,1-2H3. The van der Waals surface area contributed by atoms with Crippen molar-refractivity contribution in [3.8, 4) is 5.75 Å². The maximum atomic E-state index is 5.20. The Morgan fingerprint density at radius 2 is 1.55 bits per heavy atom. The van der Waals surface area contributed by atoms with E-state index in [9.17, 15) is 0 Å². The third-order valence-corrected chi connectivity index (χ3v) is 4.36. The van der Waals surface area contributed by atoms with Crippen LogP contribution in [0.4, 0.5) is 17.5 Å². The molecule has 6 nitrogen and oxygen atoms in total. The van der Waals surface area contributed by atoms with Crippen molar-refractivity contribution >= 4 is 28.6 Å². The van der Waals surface area contributed by atoms with Crippen molar-refractivity contribution in [2.24, 2.45) is 7.05 Å². The smallest absolute Gasteiger partial charge is 0.209 e. The monoisotopic (exact) mass is 397 g/mol. The predicted molar refractivity (Wildman–Crippen MR) is 124 cm³/mol. The van der Waals surface area contributed by atoms with Gasteiger partial charge < -0.3 is 15.0 Å². The second kappa shape index (κ2) is 11.3. The van der Waals surface area contributed by atoms with Crippen LogP contribution in [-0.4, -0.2) is 34.7 Å². The first kappa shape index (κ1) is 22.5. The third kappa shape index (κ3) is 5.86. The quantitative estimate of drug-likeness (QED) is 0.523. The number of nitrogens with one attached hydrogen (secondary N) is 1. The summed E-state index contributed by atoms with van der Waals surface area (Å²) >= 11 is 0. The number of rotatable bonds is 8. The van der Waals surface area contributed by atoms with Crippen LogP contribution in [0.2, 0.25) is 0 Å². The van der Waals surface area contributed by atoms with Gasteiger partial charge in [-0.05, 0) is 49.2 Å². The van der Waals surface area contributed by atoms with E-state index in [2.05, 4.69) is 55.0 Å². The lowest BCUT2D eigenvalue weighted by atomic mass is 10.3. The zero-order chi connectivity index (χ0) is 21.2. The number of aryl methyl sites for hydroxylation is 1. The second-order valence-corrected chi connectivity index (χ2v) is 7.05. The maximum absolute atomic E-state index is 5.20. The molecule has 0 saturated heterocycles. The van der Waals surface area contributed by atoms with Crippen LogP contribution in [-0.2, 0) is 7.05 Å². The van der Waals surface area contributed by atoms with Crippen LogP contribution in [0.1, 0.15) is 47.0 Å². The zero-order valence-corrected chi connectivity index (χ0v) is 18.7. The molecular weight excluding hydrogens is 362 g/mol. The topological polar surface area (TPSA) is 55.2 Å². The lowest BCUT2D eigenvalue weighted by Crippen LogP contribution is -2.25. The van der Waals surface area contributed by atoms with Crippen molar-refractivity contribution in [1.29, 1.82) is 0 Å². The Kier molecular flexibility index (Phi) is 8.77. The van der Waals surface area contributed by atoms with Gasteiger partial charge in [0.05, 0.1) is 7.11 Å². The Balaban J connectivity index is 0.000000941. The van der Waals surface area contributed by atoms with Gasteiger partial charge in [-0.3, -0.25) is 4.57 Å². The molecule has 158 valence electrons. The highest BCUT2D eigenvalue weighted by Gasteiger charge is 2.13. The first-order valence-corrected chi connectivity index (χ1v) is 10.6. The van der Waals surface area contributed by atoms with E-state index in [1.54, 1.807) is 7.11 Å². The minimum atomic E-state index is 0.771. The lowest BCUT2D eigenvalue weighted by molar-refractivity contribution is 0.415. The van der Waals surface area contributed by atoms with Gasteiger partial charge in [0.2, 0.25) is 5.95 Å². The van der Waals surface area contributed by atoms with E-state index in [1.165, 1.54) is 6.42 Å². The van der Waals surface area contributed by atoms with E-state index in [4.69, 9.17) is 9.72 Å². The summed E-state index contributed by atoms with van der Waals surface area (Å²) < 4.78 is 7.20. The molecule has 29 heavy (non-hydrogen) atoms. The number of hydrogen-bond acceptors (Lipinski definition) is 5. The number of methoxy groups -OCH3 is 1. The van der Waals surface area contributed by atoms with Gasteiger partial charge in [-0.25, -0.2) is 9.97 Å². The number of anilines is 3. The van der Waals surface area contributed by atoms with Crippen molar-refractivity contribution in [3.63, 3.8) is 0 Å². The van der Waals surface area contributed by atoms with Gasteiger partial charge in [0, 0.05) is 25.8 Å². The number of aromatic nitrogens is 3.